The second-order valence-electron chi connectivity index (χ2n) is 14.6. The minimum absolute atomic E-state index is 0.926. The Morgan fingerprint density at radius 1 is 0.481 bits per heavy atom. The summed E-state index contributed by atoms with van der Waals surface area (Å²) < 4.78 is 6.52. The molecule has 0 spiro atoms. The van der Waals surface area contributed by atoms with Gasteiger partial charge in [-0.15, -0.1) is 0 Å². The maximum atomic E-state index is 6.52. The molecule has 0 unspecified atom stereocenters. The zero-order valence-electron chi connectivity index (χ0n) is 30.5. The van der Waals surface area contributed by atoms with Crippen molar-refractivity contribution in [3.05, 3.63) is 198 Å². The van der Waals surface area contributed by atoms with Gasteiger partial charge in [-0.2, -0.15) is 0 Å². The third-order valence-corrected chi connectivity index (χ3v) is 11.0. The van der Waals surface area contributed by atoms with Gasteiger partial charge in [-0.05, 0) is 136 Å². The quantitative estimate of drug-likeness (QED) is 0.172. The third-order valence-electron chi connectivity index (χ3n) is 11.0. The molecule has 0 aliphatic heterocycles. The smallest absolute Gasteiger partial charge is 0.143 e. The lowest BCUT2D eigenvalue weighted by atomic mass is 9.91. The molecule has 2 nitrogen and oxygen atoms in total. The molecule has 2 heteroatoms. The van der Waals surface area contributed by atoms with Crippen molar-refractivity contribution >= 4 is 60.4 Å². The summed E-state index contributed by atoms with van der Waals surface area (Å²) in [5.74, 6) is 0. The van der Waals surface area contributed by atoms with Crippen LogP contribution in [0.3, 0.4) is 0 Å². The lowest BCUT2D eigenvalue weighted by Gasteiger charge is -2.29. The molecule has 0 atom stereocenters. The maximum absolute atomic E-state index is 6.52. The Balaban J connectivity index is 1.09. The molecular weight excluding hydrogens is 655 g/mol. The minimum Gasteiger partial charge on any atom is -0.455 e. The van der Waals surface area contributed by atoms with Gasteiger partial charge in [0, 0.05) is 33.4 Å². The number of allylic oxidation sites excluding steroid dienone is 3. The second-order valence-corrected chi connectivity index (χ2v) is 14.6. The van der Waals surface area contributed by atoms with Crippen LogP contribution in [0.4, 0.5) is 11.4 Å². The van der Waals surface area contributed by atoms with Crippen LogP contribution in [-0.4, -0.2) is 0 Å². The van der Waals surface area contributed by atoms with Crippen LogP contribution in [0, 0.1) is 13.8 Å². The van der Waals surface area contributed by atoms with E-state index in [1.165, 1.54) is 71.4 Å². The predicted molar refractivity (Wildman–Crippen MR) is 229 cm³/mol. The average molecular weight is 694 g/mol. The van der Waals surface area contributed by atoms with E-state index >= 15 is 0 Å². The molecule has 1 aliphatic rings. The summed E-state index contributed by atoms with van der Waals surface area (Å²) in [6, 6.07) is 59.6. The number of rotatable bonds is 6. The van der Waals surface area contributed by atoms with E-state index in [-0.39, 0.29) is 0 Å². The molecule has 0 saturated carbocycles. The summed E-state index contributed by atoms with van der Waals surface area (Å²) in [6.07, 6.45) is 6.77. The van der Waals surface area contributed by atoms with Crippen molar-refractivity contribution in [2.24, 2.45) is 0 Å². The first kappa shape index (κ1) is 32.0. The normalized spacial score (nSPS) is 13.1. The highest BCUT2D eigenvalue weighted by Crippen LogP contribution is 2.41. The fourth-order valence-electron chi connectivity index (χ4n) is 8.41. The average Bonchev–Trinajstić information content (AvgIpc) is 3.58. The molecule has 10 rings (SSSR count). The van der Waals surface area contributed by atoms with Gasteiger partial charge in [-0.3, -0.25) is 0 Å². The van der Waals surface area contributed by atoms with Gasteiger partial charge in [0.2, 0.25) is 0 Å². The van der Waals surface area contributed by atoms with Crippen LogP contribution >= 0.6 is 0 Å². The summed E-state index contributed by atoms with van der Waals surface area (Å²) in [6.45, 7) is 4.31. The van der Waals surface area contributed by atoms with Crippen molar-refractivity contribution in [3.8, 4) is 22.3 Å². The summed E-state index contributed by atoms with van der Waals surface area (Å²) in [5, 5.41) is 7.42. The Bertz CT molecular complexity index is 2930. The SMILES string of the molecule is Cc1ccc2oc3c(-c4ccc(N(C5=CCCC(c6cccc7ccccc67)=C5)c5ccc(-c6cccc7ccccc67)cc5)cc4)cc(C)cc3c2c1. The molecule has 0 radical (unpaired) electrons. The largest absolute Gasteiger partial charge is 0.455 e. The fraction of sp³-hybridized carbons (Fsp3) is 0.0769. The standard InChI is InChI=1S/C52H39NO/c1-34-20-29-51-49(30-34)50-32-35(2)31-48(52(50)54-51)39-23-27-42(28-24-39)53(41-25-21-38(22-26-41)46-18-8-12-36-10-3-5-16-44(36)46)43-15-7-14-40(33-43)47-19-9-13-37-11-4-6-17-45(37)47/h3-6,8-13,15-33H,7,14H2,1-2H3. The number of benzene rings is 8. The molecule has 0 saturated heterocycles. The molecule has 0 N–H and O–H groups in total. The highest BCUT2D eigenvalue weighted by atomic mass is 16.3. The molecule has 0 amide bonds. The van der Waals surface area contributed by atoms with Crippen molar-refractivity contribution in [2.45, 2.75) is 26.7 Å². The van der Waals surface area contributed by atoms with Crippen LogP contribution < -0.4 is 4.90 Å². The lowest BCUT2D eigenvalue weighted by molar-refractivity contribution is 0.670. The summed E-state index contributed by atoms with van der Waals surface area (Å²) in [4.78, 5) is 2.41. The zero-order valence-corrected chi connectivity index (χ0v) is 30.5. The Labute approximate surface area is 315 Å². The second kappa shape index (κ2) is 13.1. The molecule has 0 bridgehead atoms. The number of furan rings is 1. The Hall–Kier alpha value is -6.64. The maximum Gasteiger partial charge on any atom is 0.143 e. The highest BCUT2D eigenvalue weighted by Gasteiger charge is 2.20. The fourth-order valence-corrected chi connectivity index (χ4v) is 8.41. The summed E-state index contributed by atoms with van der Waals surface area (Å²) in [7, 11) is 0. The number of nitrogens with zero attached hydrogens (tertiary/aromatic N) is 1. The summed E-state index contributed by atoms with van der Waals surface area (Å²) >= 11 is 0. The molecule has 1 aromatic heterocycles. The van der Waals surface area contributed by atoms with E-state index in [0.29, 0.717) is 0 Å². The highest BCUT2D eigenvalue weighted by molar-refractivity contribution is 6.10. The van der Waals surface area contributed by atoms with Crippen molar-refractivity contribution in [1.82, 2.24) is 0 Å². The van der Waals surface area contributed by atoms with Crippen molar-refractivity contribution in [1.29, 1.82) is 0 Å². The van der Waals surface area contributed by atoms with E-state index in [2.05, 4.69) is 195 Å². The number of anilines is 2. The number of fused-ring (bicyclic) bond motifs is 5. The Morgan fingerprint density at radius 2 is 1.07 bits per heavy atom. The van der Waals surface area contributed by atoms with Gasteiger partial charge in [0.05, 0.1) is 0 Å². The summed E-state index contributed by atoms with van der Waals surface area (Å²) in [5.41, 5.74) is 15.1. The number of aryl methyl sites for hydroxylation is 2. The van der Waals surface area contributed by atoms with Crippen LogP contribution in [0.5, 0.6) is 0 Å². The van der Waals surface area contributed by atoms with Crippen molar-refractivity contribution < 1.29 is 4.42 Å². The third kappa shape index (κ3) is 5.59. The molecule has 9 aromatic rings. The van der Waals surface area contributed by atoms with E-state index < -0.39 is 0 Å². The van der Waals surface area contributed by atoms with Gasteiger partial charge in [-0.25, -0.2) is 0 Å². The van der Waals surface area contributed by atoms with Gasteiger partial charge >= 0.3 is 0 Å². The van der Waals surface area contributed by atoms with Crippen molar-refractivity contribution in [3.63, 3.8) is 0 Å². The predicted octanol–water partition coefficient (Wildman–Crippen LogP) is 14.7. The lowest BCUT2D eigenvalue weighted by Crippen LogP contribution is -2.17. The molecule has 0 fully saturated rings. The van der Waals surface area contributed by atoms with E-state index in [4.69, 9.17) is 4.42 Å². The van der Waals surface area contributed by atoms with Gasteiger partial charge < -0.3 is 9.32 Å². The van der Waals surface area contributed by atoms with Crippen LogP contribution in [0.15, 0.2) is 186 Å². The van der Waals surface area contributed by atoms with Gasteiger partial charge in [-0.1, -0.05) is 127 Å². The van der Waals surface area contributed by atoms with E-state index in [9.17, 15) is 0 Å². The van der Waals surface area contributed by atoms with Gasteiger partial charge in [0.1, 0.15) is 11.2 Å². The van der Waals surface area contributed by atoms with Crippen LogP contribution in [0.25, 0.3) is 71.3 Å². The first-order valence-electron chi connectivity index (χ1n) is 18.9. The number of hydrogen-bond donors (Lipinski definition) is 0. The van der Waals surface area contributed by atoms with Crippen molar-refractivity contribution in [2.75, 3.05) is 4.90 Å². The Kier molecular flexibility index (Phi) is 7.77. The van der Waals surface area contributed by atoms with E-state index in [1.54, 1.807) is 0 Å². The van der Waals surface area contributed by atoms with Gasteiger partial charge in [0.15, 0.2) is 0 Å². The van der Waals surface area contributed by atoms with Crippen LogP contribution in [0.2, 0.25) is 0 Å². The first-order chi connectivity index (χ1) is 26.6. The monoisotopic (exact) mass is 693 g/mol. The van der Waals surface area contributed by atoms with Gasteiger partial charge in [0.25, 0.3) is 0 Å². The van der Waals surface area contributed by atoms with E-state index in [1.807, 2.05) is 0 Å². The van der Waals surface area contributed by atoms with Crippen LogP contribution in [-0.2, 0) is 0 Å². The molecule has 8 aromatic carbocycles. The van der Waals surface area contributed by atoms with Crippen LogP contribution in [0.1, 0.15) is 29.5 Å². The Morgan fingerprint density at radius 3 is 1.78 bits per heavy atom. The van der Waals surface area contributed by atoms with E-state index in [0.717, 1.165) is 46.5 Å². The first-order valence-corrected chi connectivity index (χ1v) is 18.9. The molecule has 1 heterocycles. The molecular formula is C52H39NO. The molecule has 258 valence electrons. The zero-order chi connectivity index (χ0) is 36.2. The molecule has 54 heavy (non-hydrogen) atoms. The topological polar surface area (TPSA) is 16.4 Å². The molecule has 1 aliphatic carbocycles. The number of hydrogen-bond acceptors (Lipinski definition) is 2. The minimum atomic E-state index is 0.926.